The van der Waals surface area contributed by atoms with Crippen molar-refractivity contribution in [3.8, 4) is 0 Å². The highest BCUT2D eigenvalue weighted by Gasteiger charge is 2.00. The van der Waals surface area contributed by atoms with Gasteiger partial charge in [-0.15, -0.1) is 0 Å². The van der Waals surface area contributed by atoms with Crippen LogP contribution < -0.4 is 10.2 Å². The van der Waals surface area contributed by atoms with E-state index >= 15 is 0 Å². The van der Waals surface area contributed by atoms with E-state index in [2.05, 4.69) is 10.1 Å². The number of ether oxygens (including phenoxy) is 1. The van der Waals surface area contributed by atoms with Crippen molar-refractivity contribution in [1.29, 1.82) is 0 Å². The van der Waals surface area contributed by atoms with Crippen molar-refractivity contribution >= 4 is 17.3 Å². The van der Waals surface area contributed by atoms with Crippen LogP contribution in [0, 0.1) is 0 Å². The molecule has 0 heterocycles. The number of methoxy groups -OCH3 is 1. The van der Waals surface area contributed by atoms with E-state index in [9.17, 15) is 4.79 Å². The largest absolute Gasteiger partial charge is 0.468 e. The fourth-order valence-electron chi connectivity index (χ4n) is 1.14. The number of hydrogen-bond donors (Lipinski definition) is 1. The molecule has 0 radical (unpaired) electrons. The third-order valence-corrected chi connectivity index (χ3v) is 2.03. The maximum Gasteiger partial charge on any atom is 0.325 e. The summed E-state index contributed by atoms with van der Waals surface area (Å²) in [6.07, 6.45) is 0. The van der Waals surface area contributed by atoms with Gasteiger partial charge >= 0.3 is 5.97 Å². The zero-order valence-electron chi connectivity index (χ0n) is 9.28. The van der Waals surface area contributed by atoms with Crippen LogP contribution >= 0.6 is 0 Å². The molecule has 1 aromatic carbocycles. The average molecular weight is 208 g/mol. The molecule has 0 unspecified atom stereocenters. The molecule has 1 rings (SSSR count). The van der Waals surface area contributed by atoms with Gasteiger partial charge in [-0.1, -0.05) is 6.07 Å². The number of anilines is 2. The molecule has 0 aliphatic heterocycles. The fourth-order valence-corrected chi connectivity index (χ4v) is 1.14. The number of nitrogens with zero attached hydrogens (tertiary/aromatic N) is 1. The minimum Gasteiger partial charge on any atom is -0.468 e. The zero-order valence-corrected chi connectivity index (χ0v) is 9.28. The third kappa shape index (κ3) is 3.50. The Morgan fingerprint density at radius 2 is 2.20 bits per heavy atom. The molecule has 1 N–H and O–H groups in total. The van der Waals surface area contributed by atoms with Gasteiger partial charge in [0.15, 0.2) is 0 Å². The summed E-state index contributed by atoms with van der Waals surface area (Å²) in [5.41, 5.74) is 2.00. The molecule has 1 aromatic rings. The highest BCUT2D eigenvalue weighted by atomic mass is 16.5. The highest BCUT2D eigenvalue weighted by Crippen LogP contribution is 2.16. The van der Waals surface area contributed by atoms with Gasteiger partial charge in [0.05, 0.1) is 7.11 Å². The van der Waals surface area contributed by atoms with Crippen molar-refractivity contribution in [2.45, 2.75) is 0 Å². The van der Waals surface area contributed by atoms with Crippen LogP contribution in [0.4, 0.5) is 11.4 Å². The van der Waals surface area contributed by atoms with E-state index in [0.29, 0.717) is 0 Å². The van der Waals surface area contributed by atoms with Crippen LogP contribution in [0.2, 0.25) is 0 Å². The minimum atomic E-state index is -0.273. The van der Waals surface area contributed by atoms with Crippen LogP contribution in [0.5, 0.6) is 0 Å². The van der Waals surface area contributed by atoms with Crippen LogP contribution in [0.15, 0.2) is 24.3 Å². The van der Waals surface area contributed by atoms with Gasteiger partial charge in [-0.05, 0) is 18.2 Å². The standard InChI is InChI=1S/C11H16N2O2/c1-13(2)10-6-4-5-9(7-10)12-8-11(14)15-3/h4-7,12H,8H2,1-3H3. The number of esters is 1. The molecule has 0 atom stereocenters. The summed E-state index contributed by atoms with van der Waals surface area (Å²) in [4.78, 5) is 12.9. The van der Waals surface area contributed by atoms with Gasteiger partial charge in [-0.25, -0.2) is 0 Å². The zero-order chi connectivity index (χ0) is 11.3. The molecule has 82 valence electrons. The Morgan fingerprint density at radius 1 is 1.47 bits per heavy atom. The molecule has 0 fully saturated rings. The summed E-state index contributed by atoms with van der Waals surface area (Å²) in [5.74, 6) is -0.273. The molecule has 0 saturated carbocycles. The van der Waals surface area contributed by atoms with Gasteiger partial charge < -0.3 is 15.0 Å². The van der Waals surface area contributed by atoms with E-state index in [-0.39, 0.29) is 12.5 Å². The summed E-state index contributed by atoms with van der Waals surface area (Å²) >= 11 is 0. The Labute approximate surface area is 89.8 Å². The van der Waals surface area contributed by atoms with Crippen molar-refractivity contribution in [3.63, 3.8) is 0 Å². The number of carbonyl (C=O) groups excluding carboxylic acids is 1. The summed E-state index contributed by atoms with van der Waals surface area (Å²) in [6.45, 7) is 0.188. The Morgan fingerprint density at radius 3 is 2.80 bits per heavy atom. The lowest BCUT2D eigenvalue weighted by Gasteiger charge is -2.14. The van der Waals surface area contributed by atoms with Crippen molar-refractivity contribution in [2.24, 2.45) is 0 Å². The van der Waals surface area contributed by atoms with Gasteiger partial charge in [-0.2, -0.15) is 0 Å². The maximum atomic E-state index is 10.9. The Bertz CT molecular complexity index is 337. The molecule has 0 spiro atoms. The second kappa shape index (κ2) is 5.24. The van der Waals surface area contributed by atoms with Gasteiger partial charge in [0.1, 0.15) is 6.54 Å². The third-order valence-electron chi connectivity index (χ3n) is 2.03. The van der Waals surface area contributed by atoms with Crippen LogP contribution in [0.25, 0.3) is 0 Å². The van der Waals surface area contributed by atoms with Gasteiger partial charge in [0, 0.05) is 25.5 Å². The number of carbonyl (C=O) groups is 1. The molecule has 4 heteroatoms. The number of benzene rings is 1. The predicted octanol–water partition coefficient (Wildman–Crippen LogP) is 1.34. The quantitative estimate of drug-likeness (QED) is 0.758. The molecule has 0 bridgehead atoms. The molecule has 0 aromatic heterocycles. The van der Waals surface area contributed by atoms with Gasteiger partial charge in [0.2, 0.25) is 0 Å². The molecule has 0 aliphatic rings. The Hall–Kier alpha value is -1.71. The van der Waals surface area contributed by atoms with E-state index in [1.807, 2.05) is 43.3 Å². The summed E-state index contributed by atoms with van der Waals surface area (Å²) in [6, 6.07) is 7.83. The van der Waals surface area contributed by atoms with E-state index in [1.54, 1.807) is 0 Å². The lowest BCUT2D eigenvalue weighted by Crippen LogP contribution is -2.15. The Kier molecular flexibility index (Phi) is 3.97. The predicted molar refractivity (Wildman–Crippen MR) is 61.3 cm³/mol. The SMILES string of the molecule is COC(=O)CNc1cccc(N(C)C)c1. The molecule has 0 amide bonds. The highest BCUT2D eigenvalue weighted by molar-refractivity contribution is 5.75. The Balaban J connectivity index is 2.61. The smallest absolute Gasteiger partial charge is 0.325 e. The van der Waals surface area contributed by atoms with E-state index in [1.165, 1.54) is 7.11 Å². The second-order valence-corrected chi connectivity index (χ2v) is 3.37. The number of rotatable bonds is 4. The molecule has 0 saturated heterocycles. The second-order valence-electron chi connectivity index (χ2n) is 3.37. The van der Waals surface area contributed by atoms with Gasteiger partial charge in [-0.3, -0.25) is 4.79 Å². The summed E-state index contributed by atoms with van der Waals surface area (Å²) < 4.78 is 4.54. The monoisotopic (exact) mass is 208 g/mol. The van der Waals surface area contributed by atoms with E-state index < -0.39 is 0 Å². The topological polar surface area (TPSA) is 41.6 Å². The maximum absolute atomic E-state index is 10.9. The van der Waals surface area contributed by atoms with Crippen molar-refractivity contribution in [1.82, 2.24) is 0 Å². The number of hydrogen-bond acceptors (Lipinski definition) is 4. The van der Waals surface area contributed by atoms with E-state index in [4.69, 9.17) is 0 Å². The van der Waals surface area contributed by atoms with Crippen molar-refractivity contribution in [3.05, 3.63) is 24.3 Å². The fraction of sp³-hybridized carbons (Fsp3) is 0.364. The first kappa shape index (κ1) is 11.4. The van der Waals surface area contributed by atoms with Crippen LogP contribution in [0.1, 0.15) is 0 Å². The lowest BCUT2D eigenvalue weighted by atomic mass is 10.2. The number of nitrogens with one attached hydrogen (secondary N) is 1. The normalized spacial score (nSPS) is 9.53. The average Bonchev–Trinajstić information content (AvgIpc) is 2.26. The summed E-state index contributed by atoms with van der Waals surface area (Å²) in [5, 5.41) is 2.99. The van der Waals surface area contributed by atoms with Crippen molar-refractivity contribution < 1.29 is 9.53 Å². The molecule has 4 nitrogen and oxygen atoms in total. The lowest BCUT2D eigenvalue weighted by molar-refractivity contribution is -0.138. The first-order chi connectivity index (χ1) is 7.13. The van der Waals surface area contributed by atoms with Crippen LogP contribution in [-0.4, -0.2) is 33.7 Å². The molecule has 15 heavy (non-hydrogen) atoms. The molecular weight excluding hydrogens is 192 g/mol. The first-order valence-corrected chi connectivity index (χ1v) is 4.71. The summed E-state index contributed by atoms with van der Waals surface area (Å²) in [7, 11) is 5.32. The van der Waals surface area contributed by atoms with Gasteiger partial charge in [0.25, 0.3) is 0 Å². The molecular formula is C11H16N2O2. The van der Waals surface area contributed by atoms with E-state index in [0.717, 1.165) is 11.4 Å². The first-order valence-electron chi connectivity index (χ1n) is 4.71. The molecule has 0 aliphatic carbocycles. The van der Waals surface area contributed by atoms with Crippen LogP contribution in [0.3, 0.4) is 0 Å². The van der Waals surface area contributed by atoms with Crippen LogP contribution in [-0.2, 0) is 9.53 Å². The minimum absolute atomic E-state index is 0.188. The van der Waals surface area contributed by atoms with Crippen molar-refractivity contribution in [2.75, 3.05) is 38.0 Å².